The SMILES string of the molecule is CCCCCCCCCCCCCCc1ccc(/C=C(\C)C(=O)Oc2ccc(C(=O)Oc3ccc(-c4cccc(OC(=O)c5ccc(OC(=O)/C(C)=C/c6ccc(CCCCCCCCCCCCCC)cc6)cc5)c4)cc3)cc2)cc1. The highest BCUT2D eigenvalue weighted by molar-refractivity contribution is 5.96. The fourth-order valence-corrected chi connectivity index (χ4v) is 10.00. The van der Waals surface area contributed by atoms with E-state index in [0.717, 1.165) is 35.1 Å². The maximum Gasteiger partial charge on any atom is 0.343 e. The molecule has 0 saturated heterocycles. The molecule has 0 fully saturated rings. The van der Waals surface area contributed by atoms with Crippen LogP contribution in [0.2, 0.25) is 0 Å². The van der Waals surface area contributed by atoms with Gasteiger partial charge in [-0.1, -0.05) is 228 Å². The van der Waals surface area contributed by atoms with Crippen LogP contribution in [-0.2, 0) is 22.4 Å². The van der Waals surface area contributed by atoms with Crippen LogP contribution in [0.4, 0.5) is 0 Å². The molecular formula is C74H90O8. The second-order valence-electron chi connectivity index (χ2n) is 22.1. The lowest BCUT2D eigenvalue weighted by Crippen LogP contribution is -2.11. The summed E-state index contributed by atoms with van der Waals surface area (Å²) >= 11 is 0. The Balaban J connectivity index is 0.868. The fraction of sp³-hybridized carbons (Fsp3) is 0.405. The van der Waals surface area contributed by atoms with Crippen LogP contribution in [-0.4, -0.2) is 23.9 Å². The van der Waals surface area contributed by atoms with Gasteiger partial charge in [-0.15, -0.1) is 0 Å². The van der Waals surface area contributed by atoms with Crippen molar-refractivity contribution < 1.29 is 38.1 Å². The molecule has 0 aliphatic carbocycles. The molecule has 82 heavy (non-hydrogen) atoms. The third-order valence-electron chi connectivity index (χ3n) is 15.1. The van der Waals surface area contributed by atoms with Crippen molar-refractivity contribution in [2.24, 2.45) is 0 Å². The third kappa shape index (κ3) is 24.0. The first-order valence-electron chi connectivity index (χ1n) is 30.9. The van der Waals surface area contributed by atoms with E-state index in [-0.39, 0.29) is 0 Å². The average Bonchev–Trinajstić information content (AvgIpc) is 3.51. The van der Waals surface area contributed by atoms with Crippen molar-refractivity contribution in [2.75, 3.05) is 0 Å². The van der Waals surface area contributed by atoms with E-state index in [1.807, 2.05) is 54.6 Å². The molecular weight excluding hydrogens is 1020 g/mol. The summed E-state index contributed by atoms with van der Waals surface area (Å²) in [6, 6.07) is 43.4. The van der Waals surface area contributed by atoms with E-state index in [4.69, 9.17) is 18.9 Å². The third-order valence-corrected chi connectivity index (χ3v) is 15.1. The highest BCUT2D eigenvalue weighted by atomic mass is 16.5. The van der Waals surface area contributed by atoms with E-state index in [2.05, 4.69) is 38.1 Å². The van der Waals surface area contributed by atoms with Crippen molar-refractivity contribution in [1.82, 2.24) is 0 Å². The molecule has 0 unspecified atom stereocenters. The van der Waals surface area contributed by atoms with Crippen molar-refractivity contribution >= 4 is 36.0 Å². The minimum absolute atomic E-state index is 0.293. The molecule has 0 radical (unpaired) electrons. The van der Waals surface area contributed by atoms with Crippen molar-refractivity contribution in [3.63, 3.8) is 0 Å². The molecule has 0 N–H and O–H groups in total. The van der Waals surface area contributed by atoms with Crippen LogP contribution in [0.15, 0.2) is 157 Å². The van der Waals surface area contributed by atoms with Crippen LogP contribution >= 0.6 is 0 Å². The van der Waals surface area contributed by atoms with Gasteiger partial charge in [-0.25, -0.2) is 19.2 Å². The number of carbonyl (C=O) groups is 4. The number of ether oxygens (including phenoxy) is 4. The summed E-state index contributed by atoms with van der Waals surface area (Å²) in [5.74, 6) is -0.754. The molecule has 0 aromatic heterocycles. The van der Waals surface area contributed by atoms with Crippen LogP contribution in [0.25, 0.3) is 23.3 Å². The number of hydrogen-bond donors (Lipinski definition) is 0. The maximum absolute atomic E-state index is 13.2. The van der Waals surface area contributed by atoms with E-state index < -0.39 is 23.9 Å². The Labute approximate surface area is 490 Å². The van der Waals surface area contributed by atoms with E-state index in [1.54, 1.807) is 92.7 Å². The average molecular weight is 1110 g/mol. The van der Waals surface area contributed by atoms with Crippen LogP contribution in [0.5, 0.6) is 23.0 Å². The Kier molecular flexibility index (Phi) is 28.7. The topological polar surface area (TPSA) is 105 Å². The molecule has 434 valence electrons. The molecule has 0 saturated carbocycles. The monoisotopic (exact) mass is 1110 g/mol. The summed E-state index contributed by atoms with van der Waals surface area (Å²) in [4.78, 5) is 52.2. The largest absolute Gasteiger partial charge is 0.423 e. The molecule has 0 bridgehead atoms. The Bertz CT molecular complexity index is 2890. The van der Waals surface area contributed by atoms with E-state index in [1.165, 1.54) is 165 Å². The zero-order chi connectivity index (χ0) is 58.0. The number of unbranched alkanes of at least 4 members (excludes halogenated alkanes) is 22. The summed E-state index contributed by atoms with van der Waals surface area (Å²) in [5, 5.41) is 0. The summed E-state index contributed by atoms with van der Waals surface area (Å²) in [6.07, 6.45) is 37.9. The quantitative estimate of drug-likeness (QED) is 0.0164. The number of esters is 4. The van der Waals surface area contributed by atoms with Crippen LogP contribution in [0, 0.1) is 0 Å². The van der Waals surface area contributed by atoms with Crippen molar-refractivity contribution in [1.29, 1.82) is 0 Å². The summed E-state index contributed by atoms with van der Waals surface area (Å²) in [5.41, 5.74) is 7.60. The van der Waals surface area contributed by atoms with Gasteiger partial charge in [0.1, 0.15) is 23.0 Å². The number of carbonyl (C=O) groups excluding carboxylic acids is 4. The smallest absolute Gasteiger partial charge is 0.343 e. The predicted molar refractivity (Wildman–Crippen MR) is 336 cm³/mol. The van der Waals surface area contributed by atoms with Crippen LogP contribution < -0.4 is 18.9 Å². The summed E-state index contributed by atoms with van der Waals surface area (Å²) < 4.78 is 22.6. The molecule has 0 heterocycles. The zero-order valence-electron chi connectivity index (χ0n) is 49.7. The molecule has 0 amide bonds. The molecule has 0 atom stereocenters. The van der Waals surface area contributed by atoms with Crippen molar-refractivity contribution in [3.8, 4) is 34.1 Å². The molecule has 6 rings (SSSR count). The van der Waals surface area contributed by atoms with Gasteiger partial charge in [-0.3, -0.25) is 0 Å². The Morgan fingerprint density at radius 3 is 1.04 bits per heavy atom. The van der Waals surface area contributed by atoms with Crippen LogP contribution in [0.3, 0.4) is 0 Å². The number of aryl methyl sites for hydroxylation is 2. The number of hydrogen-bond acceptors (Lipinski definition) is 8. The minimum Gasteiger partial charge on any atom is -0.423 e. The lowest BCUT2D eigenvalue weighted by Gasteiger charge is -2.09. The second-order valence-corrected chi connectivity index (χ2v) is 22.1. The molecule has 0 aliphatic rings. The highest BCUT2D eigenvalue weighted by Crippen LogP contribution is 2.28. The molecule has 6 aromatic rings. The van der Waals surface area contributed by atoms with Crippen LogP contribution in [0.1, 0.15) is 225 Å². The van der Waals surface area contributed by atoms with E-state index in [9.17, 15) is 19.2 Å². The first kappa shape index (κ1) is 63.9. The van der Waals surface area contributed by atoms with Gasteiger partial charge >= 0.3 is 23.9 Å². The lowest BCUT2D eigenvalue weighted by molar-refractivity contribution is -0.130. The standard InChI is InChI=1S/C74H90O8/c1-5-7-9-11-13-15-17-19-21-23-25-27-30-59-34-38-61(39-35-59)54-57(3)71(75)79-67-50-44-64(45-51-67)73(77)81-69-48-42-63(43-49-69)66-32-29-33-70(56-66)82-74(78)65-46-52-68(53-47-65)80-72(76)58(4)55-62-40-36-60(37-41-62)31-28-26-24-22-20-18-16-14-12-10-8-6-2/h29,32-56H,5-28,30-31H2,1-4H3/b57-54+,58-55+. The Morgan fingerprint density at radius 2 is 0.659 bits per heavy atom. The zero-order valence-corrected chi connectivity index (χ0v) is 49.7. The van der Waals surface area contributed by atoms with Gasteiger partial charge in [-0.05, 0) is 158 Å². The molecule has 0 spiro atoms. The number of benzene rings is 6. The maximum atomic E-state index is 13.2. The van der Waals surface area contributed by atoms with Gasteiger partial charge in [0.15, 0.2) is 0 Å². The summed E-state index contributed by atoms with van der Waals surface area (Å²) in [7, 11) is 0. The molecule has 6 aromatic carbocycles. The van der Waals surface area contributed by atoms with Gasteiger partial charge in [0.25, 0.3) is 0 Å². The highest BCUT2D eigenvalue weighted by Gasteiger charge is 2.15. The minimum atomic E-state index is -0.565. The van der Waals surface area contributed by atoms with E-state index >= 15 is 0 Å². The molecule has 8 heteroatoms. The molecule has 8 nitrogen and oxygen atoms in total. The number of rotatable bonds is 37. The van der Waals surface area contributed by atoms with Gasteiger partial charge in [0, 0.05) is 11.1 Å². The molecule has 0 aliphatic heterocycles. The van der Waals surface area contributed by atoms with Gasteiger partial charge < -0.3 is 18.9 Å². The van der Waals surface area contributed by atoms with Crippen molar-refractivity contribution in [2.45, 2.75) is 195 Å². The first-order chi connectivity index (χ1) is 40.1. The van der Waals surface area contributed by atoms with Gasteiger partial charge in [0.2, 0.25) is 0 Å². The van der Waals surface area contributed by atoms with Gasteiger partial charge in [0.05, 0.1) is 11.1 Å². The Morgan fingerprint density at radius 1 is 0.329 bits per heavy atom. The normalized spacial score (nSPS) is 11.6. The van der Waals surface area contributed by atoms with E-state index in [0.29, 0.717) is 45.3 Å². The second kappa shape index (κ2) is 36.9. The lowest BCUT2D eigenvalue weighted by atomic mass is 10.0. The Hall–Kier alpha value is -7.32. The predicted octanol–water partition coefficient (Wildman–Crippen LogP) is 20.3. The fourth-order valence-electron chi connectivity index (χ4n) is 10.00. The summed E-state index contributed by atoms with van der Waals surface area (Å²) in [6.45, 7) is 8.00. The van der Waals surface area contributed by atoms with Crippen molar-refractivity contribution in [3.05, 3.63) is 190 Å². The first-order valence-corrected chi connectivity index (χ1v) is 30.9. The van der Waals surface area contributed by atoms with Gasteiger partial charge in [-0.2, -0.15) is 0 Å².